The number of benzene rings is 1. The topological polar surface area (TPSA) is 65.1 Å². The standard InChI is InChI=1S/C18H23NO5/c1-22-14-7-6-12(10-15(14)23-2)17-13(11-16(20)24-17)18(21)19-8-4-3-5-9-19/h6-7,10,13,17H,3-5,8-9,11H2,1-2H3/t13-,17+/m0/s1. The highest BCUT2D eigenvalue weighted by atomic mass is 16.6. The van der Waals surface area contributed by atoms with Gasteiger partial charge < -0.3 is 19.1 Å². The molecule has 1 aromatic rings. The largest absolute Gasteiger partial charge is 0.493 e. The summed E-state index contributed by atoms with van der Waals surface area (Å²) in [5.41, 5.74) is 0.758. The van der Waals surface area contributed by atoms with Gasteiger partial charge in [0.2, 0.25) is 5.91 Å². The Morgan fingerprint density at radius 3 is 2.50 bits per heavy atom. The Morgan fingerprint density at radius 2 is 1.83 bits per heavy atom. The van der Waals surface area contributed by atoms with E-state index in [0.29, 0.717) is 11.5 Å². The SMILES string of the molecule is COc1ccc([C@H]2OC(=O)C[C@@H]2C(=O)N2CCCCC2)cc1OC. The van der Waals surface area contributed by atoms with E-state index in [1.54, 1.807) is 26.4 Å². The van der Waals surface area contributed by atoms with Crippen LogP contribution in [0.3, 0.4) is 0 Å². The van der Waals surface area contributed by atoms with Crippen molar-refractivity contribution in [2.45, 2.75) is 31.8 Å². The molecule has 3 rings (SSSR count). The second-order valence-electron chi connectivity index (χ2n) is 6.22. The zero-order chi connectivity index (χ0) is 17.1. The van der Waals surface area contributed by atoms with Crippen LogP contribution in [-0.2, 0) is 14.3 Å². The number of carbonyl (C=O) groups is 2. The summed E-state index contributed by atoms with van der Waals surface area (Å²) in [5, 5.41) is 0. The maximum Gasteiger partial charge on any atom is 0.307 e. The Morgan fingerprint density at radius 1 is 1.12 bits per heavy atom. The van der Waals surface area contributed by atoms with Crippen LogP contribution in [0.1, 0.15) is 37.4 Å². The number of nitrogens with zero attached hydrogens (tertiary/aromatic N) is 1. The van der Waals surface area contributed by atoms with Gasteiger partial charge in [0, 0.05) is 13.1 Å². The zero-order valence-corrected chi connectivity index (χ0v) is 14.1. The Hall–Kier alpha value is -2.24. The summed E-state index contributed by atoms with van der Waals surface area (Å²) < 4.78 is 16.0. The number of hydrogen-bond acceptors (Lipinski definition) is 5. The summed E-state index contributed by atoms with van der Waals surface area (Å²) in [7, 11) is 3.12. The van der Waals surface area contributed by atoms with Gasteiger partial charge in [0.15, 0.2) is 11.5 Å². The van der Waals surface area contributed by atoms with E-state index in [1.807, 2.05) is 11.0 Å². The number of likely N-dealkylation sites (tertiary alicyclic amines) is 1. The van der Waals surface area contributed by atoms with E-state index in [9.17, 15) is 9.59 Å². The monoisotopic (exact) mass is 333 g/mol. The lowest BCUT2D eigenvalue weighted by Crippen LogP contribution is -2.40. The van der Waals surface area contributed by atoms with E-state index in [4.69, 9.17) is 14.2 Å². The molecule has 1 amide bonds. The van der Waals surface area contributed by atoms with Crippen LogP contribution >= 0.6 is 0 Å². The van der Waals surface area contributed by atoms with Crippen LogP contribution in [0.5, 0.6) is 11.5 Å². The number of methoxy groups -OCH3 is 2. The molecule has 6 heteroatoms. The summed E-state index contributed by atoms with van der Waals surface area (Å²) in [6.45, 7) is 1.53. The molecular formula is C18H23NO5. The van der Waals surface area contributed by atoms with Crippen molar-refractivity contribution < 1.29 is 23.8 Å². The van der Waals surface area contributed by atoms with E-state index >= 15 is 0 Å². The van der Waals surface area contributed by atoms with Crippen molar-refractivity contribution in [1.82, 2.24) is 4.90 Å². The fraction of sp³-hybridized carbons (Fsp3) is 0.556. The first-order valence-electron chi connectivity index (χ1n) is 8.34. The highest BCUT2D eigenvalue weighted by molar-refractivity contribution is 5.87. The minimum absolute atomic E-state index is 0.0142. The van der Waals surface area contributed by atoms with Gasteiger partial charge in [0.05, 0.1) is 26.6 Å². The number of ether oxygens (including phenoxy) is 3. The van der Waals surface area contributed by atoms with Gasteiger partial charge in [0.25, 0.3) is 0 Å². The molecule has 2 fully saturated rings. The smallest absolute Gasteiger partial charge is 0.307 e. The Balaban J connectivity index is 1.85. The predicted molar refractivity (Wildman–Crippen MR) is 86.9 cm³/mol. The van der Waals surface area contributed by atoms with E-state index in [0.717, 1.165) is 37.9 Å². The normalized spacial score (nSPS) is 23.8. The average molecular weight is 333 g/mol. The lowest BCUT2D eigenvalue weighted by Gasteiger charge is -2.30. The second-order valence-corrected chi connectivity index (χ2v) is 6.22. The van der Waals surface area contributed by atoms with Crippen LogP contribution in [0.2, 0.25) is 0 Å². The molecular weight excluding hydrogens is 310 g/mol. The fourth-order valence-corrected chi connectivity index (χ4v) is 3.45. The van der Waals surface area contributed by atoms with Crippen molar-refractivity contribution >= 4 is 11.9 Å². The van der Waals surface area contributed by atoms with E-state index in [-0.39, 0.29) is 18.3 Å². The van der Waals surface area contributed by atoms with Crippen molar-refractivity contribution in [3.63, 3.8) is 0 Å². The van der Waals surface area contributed by atoms with Crippen LogP contribution in [0.4, 0.5) is 0 Å². The molecule has 0 radical (unpaired) electrons. The second kappa shape index (κ2) is 7.11. The van der Waals surface area contributed by atoms with Gasteiger partial charge in [-0.3, -0.25) is 9.59 Å². The fourth-order valence-electron chi connectivity index (χ4n) is 3.45. The van der Waals surface area contributed by atoms with Gasteiger partial charge in [-0.25, -0.2) is 0 Å². The first kappa shape index (κ1) is 16.6. The van der Waals surface area contributed by atoms with Crippen molar-refractivity contribution in [3.05, 3.63) is 23.8 Å². The minimum atomic E-state index is -0.563. The molecule has 2 aliphatic heterocycles. The lowest BCUT2D eigenvalue weighted by atomic mass is 9.93. The Bertz CT molecular complexity index is 624. The van der Waals surface area contributed by atoms with E-state index in [1.165, 1.54) is 0 Å². The van der Waals surface area contributed by atoms with Gasteiger partial charge in [-0.1, -0.05) is 6.07 Å². The summed E-state index contributed by atoms with van der Waals surface area (Å²) in [5.74, 6) is 0.380. The zero-order valence-electron chi connectivity index (χ0n) is 14.1. The molecule has 2 heterocycles. The minimum Gasteiger partial charge on any atom is -0.493 e. The molecule has 1 aromatic carbocycles. The number of piperidine rings is 1. The number of esters is 1. The van der Waals surface area contributed by atoms with Crippen LogP contribution in [0.25, 0.3) is 0 Å². The van der Waals surface area contributed by atoms with Gasteiger partial charge in [-0.15, -0.1) is 0 Å². The number of cyclic esters (lactones) is 1. The molecule has 2 saturated heterocycles. The molecule has 2 atom stereocenters. The number of hydrogen-bond donors (Lipinski definition) is 0. The Kier molecular flexibility index (Phi) is 4.92. The third-order valence-electron chi connectivity index (χ3n) is 4.73. The van der Waals surface area contributed by atoms with E-state index in [2.05, 4.69) is 0 Å². The van der Waals surface area contributed by atoms with Crippen LogP contribution in [0, 0.1) is 5.92 Å². The first-order chi connectivity index (χ1) is 11.6. The lowest BCUT2D eigenvalue weighted by molar-refractivity contribution is -0.142. The highest BCUT2D eigenvalue weighted by Crippen LogP contribution is 2.40. The molecule has 0 bridgehead atoms. The van der Waals surface area contributed by atoms with Gasteiger partial charge in [-0.2, -0.15) is 0 Å². The van der Waals surface area contributed by atoms with Crippen LogP contribution in [-0.4, -0.2) is 44.1 Å². The van der Waals surface area contributed by atoms with Crippen LogP contribution in [0.15, 0.2) is 18.2 Å². The molecule has 6 nitrogen and oxygen atoms in total. The number of rotatable bonds is 4. The third kappa shape index (κ3) is 3.18. The van der Waals surface area contributed by atoms with Crippen molar-refractivity contribution in [2.24, 2.45) is 5.92 Å². The summed E-state index contributed by atoms with van der Waals surface area (Å²) >= 11 is 0. The third-order valence-corrected chi connectivity index (χ3v) is 4.73. The van der Waals surface area contributed by atoms with Crippen molar-refractivity contribution in [3.8, 4) is 11.5 Å². The predicted octanol–water partition coefficient (Wildman–Crippen LogP) is 2.32. The molecule has 0 aromatic heterocycles. The van der Waals surface area contributed by atoms with Gasteiger partial charge in [0.1, 0.15) is 6.10 Å². The molecule has 0 N–H and O–H groups in total. The average Bonchev–Trinajstić information content (AvgIpc) is 3.03. The molecule has 0 saturated carbocycles. The molecule has 24 heavy (non-hydrogen) atoms. The molecule has 0 aliphatic carbocycles. The molecule has 2 aliphatic rings. The number of amides is 1. The molecule has 0 unspecified atom stereocenters. The van der Waals surface area contributed by atoms with Crippen molar-refractivity contribution in [1.29, 1.82) is 0 Å². The summed E-state index contributed by atoms with van der Waals surface area (Å²) in [6.07, 6.45) is 2.77. The Labute approximate surface area is 141 Å². The van der Waals surface area contributed by atoms with Crippen LogP contribution < -0.4 is 9.47 Å². The highest BCUT2D eigenvalue weighted by Gasteiger charge is 2.43. The maximum atomic E-state index is 12.8. The summed E-state index contributed by atoms with van der Waals surface area (Å²) in [4.78, 5) is 26.6. The molecule has 0 spiro atoms. The van der Waals surface area contributed by atoms with Gasteiger partial charge >= 0.3 is 5.97 Å². The van der Waals surface area contributed by atoms with Gasteiger partial charge in [-0.05, 0) is 37.0 Å². The van der Waals surface area contributed by atoms with Crippen molar-refractivity contribution in [2.75, 3.05) is 27.3 Å². The maximum absolute atomic E-state index is 12.8. The first-order valence-corrected chi connectivity index (χ1v) is 8.34. The molecule has 130 valence electrons. The van der Waals surface area contributed by atoms with E-state index < -0.39 is 12.0 Å². The quantitative estimate of drug-likeness (QED) is 0.791. The summed E-state index contributed by atoms with van der Waals surface area (Å²) in [6, 6.07) is 5.36. The number of carbonyl (C=O) groups excluding carboxylic acids is 2.